The smallest absolute Gasteiger partial charge is 0.235 e. The Kier molecular flexibility index (Phi) is 6.17. The third-order valence-corrected chi connectivity index (χ3v) is 6.95. The molecule has 3 aromatic rings. The molecule has 2 N–H and O–H groups in total. The van der Waals surface area contributed by atoms with Crippen LogP contribution in [0.2, 0.25) is 0 Å². The Labute approximate surface area is 204 Å². The molecule has 184 valence electrons. The summed E-state index contributed by atoms with van der Waals surface area (Å²) in [7, 11) is 3.81. The normalized spacial score (nSPS) is 17.8. The van der Waals surface area contributed by atoms with E-state index in [0.29, 0.717) is 0 Å². The number of aryl methyl sites for hydroxylation is 1. The number of hydrogen-bond donors (Lipinski definition) is 2. The third kappa shape index (κ3) is 4.35. The van der Waals surface area contributed by atoms with Gasteiger partial charge in [0.05, 0.1) is 12.6 Å². The fraction of sp³-hybridized carbons (Fsp3) is 0.370. The predicted molar refractivity (Wildman–Crippen MR) is 135 cm³/mol. The molecule has 2 aliphatic rings. The van der Waals surface area contributed by atoms with Gasteiger partial charge in [-0.25, -0.2) is 0 Å². The summed E-state index contributed by atoms with van der Waals surface area (Å²) in [6.45, 7) is 8.14. The van der Waals surface area contributed by atoms with Crippen LogP contribution in [0.1, 0.15) is 28.4 Å². The molecule has 0 atom stereocenters. The minimum absolute atomic E-state index is 0.0692. The highest BCUT2D eigenvalue weighted by Gasteiger charge is 2.31. The Morgan fingerprint density at radius 2 is 1.86 bits per heavy atom. The first-order valence-electron chi connectivity index (χ1n) is 12.0. The van der Waals surface area contributed by atoms with Crippen LogP contribution in [0.15, 0.2) is 36.2 Å². The minimum atomic E-state index is -0.408. The summed E-state index contributed by atoms with van der Waals surface area (Å²) in [5.74, 6) is 0.167. The maximum absolute atomic E-state index is 13.0. The van der Waals surface area contributed by atoms with Gasteiger partial charge in [0.1, 0.15) is 28.6 Å². The minimum Gasteiger partial charge on any atom is -0.508 e. The van der Waals surface area contributed by atoms with Gasteiger partial charge in [-0.05, 0) is 37.2 Å². The fourth-order valence-electron chi connectivity index (χ4n) is 4.95. The number of nitrogens with zero attached hydrogens (tertiary/aromatic N) is 3. The van der Waals surface area contributed by atoms with Crippen molar-refractivity contribution in [2.24, 2.45) is 0 Å². The molecule has 0 bridgehead atoms. The van der Waals surface area contributed by atoms with Crippen molar-refractivity contribution in [2.75, 3.05) is 46.9 Å². The molecule has 0 spiro atoms. The van der Waals surface area contributed by atoms with Crippen molar-refractivity contribution in [3.63, 3.8) is 0 Å². The summed E-state index contributed by atoms with van der Waals surface area (Å²) in [4.78, 5) is 17.8. The molecule has 0 amide bonds. The number of rotatable bonds is 6. The van der Waals surface area contributed by atoms with Crippen molar-refractivity contribution >= 4 is 22.8 Å². The van der Waals surface area contributed by atoms with Gasteiger partial charge in [0.2, 0.25) is 5.78 Å². The molecule has 3 heterocycles. The van der Waals surface area contributed by atoms with E-state index < -0.39 is 5.78 Å². The highest BCUT2D eigenvalue weighted by Crippen LogP contribution is 2.41. The Hall–Kier alpha value is -3.49. The molecule has 35 heavy (non-hydrogen) atoms. The van der Waals surface area contributed by atoms with Gasteiger partial charge in [0.25, 0.3) is 0 Å². The van der Waals surface area contributed by atoms with E-state index in [-0.39, 0.29) is 28.6 Å². The number of carbonyl (C=O) groups is 1. The number of ketones is 1. The molecule has 1 aromatic heterocycles. The van der Waals surface area contributed by atoms with Crippen LogP contribution in [0.25, 0.3) is 17.0 Å². The zero-order valence-electron chi connectivity index (χ0n) is 20.4. The van der Waals surface area contributed by atoms with Crippen LogP contribution >= 0.6 is 0 Å². The second-order valence-electron chi connectivity index (χ2n) is 9.24. The first-order chi connectivity index (χ1) is 16.9. The van der Waals surface area contributed by atoms with Crippen LogP contribution in [0.4, 0.5) is 0 Å². The van der Waals surface area contributed by atoms with E-state index in [9.17, 15) is 15.0 Å². The van der Waals surface area contributed by atoms with Crippen LogP contribution in [0.5, 0.6) is 23.0 Å². The van der Waals surface area contributed by atoms with Gasteiger partial charge in [0.15, 0.2) is 5.76 Å². The highest BCUT2D eigenvalue weighted by molar-refractivity contribution is 6.16. The van der Waals surface area contributed by atoms with Crippen molar-refractivity contribution in [1.82, 2.24) is 14.4 Å². The summed E-state index contributed by atoms with van der Waals surface area (Å²) in [6, 6.07) is 6.54. The second-order valence-corrected chi connectivity index (χ2v) is 9.24. The summed E-state index contributed by atoms with van der Waals surface area (Å²) in [5.41, 5.74) is 3.20. The van der Waals surface area contributed by atoms with Crippen molar-refractivity contribution in [2.45, 2.75) is 19.9 Å². The van der Waals surface area contributed by atoms with Gasteiger partial charge in [-0.15, -0.1) is 0 Å². The molecule has 1 saturated heterocycles. The number of likely N-dealkylation sites (N-methyl/N-ethyl adjacent to an activating group) is 1. The van der Waals surface area contributed by atoms with E-state index in [4.69, 9.17) is 9.47 Å². The molecule has 0 saturated carbocycles. The highest BCUT2D eigenvalue weighted by atomic mass is 16.5. The van der Waals surface area contributed by atoms with Gasteiger partial charge >= 0.3 is 0 Å². The lowest BCUT2D eigenvalue weighted by Gasteiger charge is -2.32. The molecule has 2 aromatic carbocycles. The van der Waals surface area contributed by atoms with Crippen molar-refractivity contribution in [3.05, 3.63) is 52.9 Å². The Morgan fingerprint density at radius 3 is 2.57 bits per heavy atom. The molecule has 5 rings (SSSR count). The van der Waals surface area contributed by atoms with Crippen LogP contribution in [-0.4, -0.2) is 77.2 Å². The van der Waals surface area contributed by atoms with Gasteiger partial charge in [-0.3, -0.25) is 9.69 Å². The maximum Gasteiger partial charge on any atom is 0.235 e. The Bertz CT molecular complexity index is 1320. The summed E-state index contributed by atoms with van der Waals surface area (Å²) < 4.78 is 13.6. The van der Waals surface area contributed by atoms with Crippen molar-refractivity contribution in [1.29, 1.82) is 0 Å². The third-order valence-electron chi connectivity index (χ3n) is 6.95. The summed E-state index contributed by atoms with van der Waals surface area (Å²) in [6.07, 6.45) is 4.62. The van der Waals surface area contributed by atoms with Gasteiger partial charge in [-0.2, -0.15) is 0 Å². The van der Waals surface area contributed by atoms with E-state index in [2.05, 4.69) is 40.6 Å². The van der Waals surface area contributed by atoms with E-state index in [1.54, 1.807) is 13.2 Å². The zero-order valence-corrected chi connectivity index (χ0v) is 20.4. The van der Waals surface area contributed by atoms with Crippen molar-refractivity contribution < 1.29 is 24.5 Å². The number of phenols is 2. The number of carbonyl (C=O) groups excluding carboxylic acids is 1. The first-order valence-corrected chi connectivity index (χ1v) is 12.0. The molecule has 8 heteroatoms. The number of methoxy groups -OCH3 is 1. The van der Waals surface area contributed by atoms with Crippen LogP contribution in [-0.2, 0) is 13.0 Å². The summed E-state index contributed by atoms with van der Waals surface area (Å²) >= 11 is 0. The molecule has 0 unspecified atom stereocenters. The number of piperazine rings is 1. The number of allylic oxidation sites excluding steroid dienone is 1. The maximum atomic E-state index is 13.0. The van der Waals surface area contributed by atoms with Crippen molar-refractivity contribution in [3.8, 4) is 23.0 Å². The summed E-state index contributed by atoms with van der Waals surface area (Å²) in [5, 5.41) is 20.9. The topological polar surface area (TPSA) is 87.4 Å². The lowest BCUT2D eigenvalue weighted by atomic mass is 10.0. The number of fused-ring (bicyclic) bond motifs is 2. The van der Waals surface area contributed by atoms with E-state index in [0.717, 1.165) is 74.0 Å². The lowest BCUT2D eigenvalue weighted by molar-refractivity contribution is 0.101. The Balaban J connectivity index is 1.54. The first kappa shape index (κ1) is 23.3. The standard InChI is InChI=1S/C27H31N3O5/c1-4-17-11-20(34-3)15-21-18(12-24-27(33)25-22(32)13-19(31)14-23(25)35-24)16-30(26(17)21)10-9-29-7-5-28(2)6-8-29/h11-16,31-32H,4-10H2,1-3H3/b24-12-. The number of aromatic hydroxyl groups is 2. The number of phenolic OH excluding ortho intramolecular Hbond substituents is 2. The van der Waals surface area contributed by atoms with Crippen LogP contribution in [0, 0.1) is 0 Å². The lowest BCUT2D eigenvalue weighted by Crippen LogP contribution is -2.45. The van der Waals surface area contributed by atoms with Gasteiger partial charge in [-0.1, -0.05) is 6.92 Å². The fourth-order valence-corrected chi connectivity index (χ4v) is 4.95. The number of aromatic nitrogens is 1. The molecule has 2 aliphatic heterocycles. The second kappa shape index (κ2) is 9.28. The van der Waals surface area contributed by atoms with Crippen LogP contribution < -0.4 is 9.47 Å². The SMILES string of the molecule is CCc1cc(OC)cc2c(/C=C3\Oc4cc(O)cc(O)c4C3=O)cn(CCN3CCN(C)CC3)c12. The zero-order chi connectivity index (χ0) is 24.7. The molecule has 0 aliphatic carbocycles. The van der Waals surface area contributed by atoms with E-state index in [1.165, 1.54) is 11.6 Å². The van der Waals surface area contributed by atoms with Gasteiger partial charge in [0, 0.05) is 68.5 Å². The molecular weight excluding hydrogens is 446 g/mol. The molecule has 0 radical (unpaired) electrons. The molecular formula is C27H31N3O5. The number of benzene rings is 2. The number of ether oxygens (including phenoxy) is 2. The van der Waals surface area contributed by atoms with Gasteiger partial charge < -0.3 is 29.2 Å². The molecule has 8 nitrogen and oxygen atoms in total. The molecule has 1 fully saturated rings. The largest absolute Gasteiger partial charge is 0.508 e. The average molecular weight is 478 g/mol. The number of hydrogen-bond acceptors (Lipinski definition) is 7. The van der Waals surface area contributed by atoms with E-state index >= 15 is 0 Å². The average Bonchev–Trinajstić information content (AvgIpc) is 3.35. The Morgan fingerprint density at radius 1 is 1.09 bits per heavy atom. The monoisotopic (exact) mass is 477 g/mol. The quantitative estimate of drug-likeness (QED) is 0.526. The predicted octanol–water partition coefficient (Wildman–Crippen LogP) is 3.49. The number of Topliss-reactive ketones (excluding diaryl/α,β-unsaturated/α-hetero) is 1. The van der Waals surface area contributed by atoms with E-state index in [1.807, 2.05) is 6.07 Å². The van der Waals surface area contributed by atoms with Crippen LogP contribution in [0.3, 0.4) is 0 Å².